The molecule has 0 radical (unpaired) electrons. The zero-order valence-electron chi connectivity index (χ0n) is 12.5. The van der Waals surface area contributed by atoms with E-state index in [9.17, 15) is 0 Å². The molecule has 0 unspecified atom stereocenters. The Hall–Kier alpha value is -0.840. The van der Waals surface area contributed by atoms with Gasteiger partial charge in [0.15, 0.2) is 0 Å². The van der Waals surface area contributed by atoms with Crippen LogP contribution >= 0.6 is 31.9 Å². The highest BCUT2D eigenvalue weighted by molar-refractivity contribution is 9.11. The van der Waals surface area contributed by atoms with E-state index in [0.717, 1.165) is 21.2 Å². The molecule has 21 heavy (non-hydrogen) atoms. The van der Waals surface area contributed by atoms with Crippen LogP contribution in [0, 0.1) is 13.8 Å². The molecular formula is C17H19Br2NO. The molecule has 0 aliphatic carbocycles. The van der Waals surface area contributed by atoms with Crippen molar-refractivity contribution in [2.24, 2.45) is 0 Å². The first-order chi connectivity index (χ1) is 10.0. The molecule has 2 nitrogen and oxygen atoms in total. The number of ether oxygens (including phenoxy) is 1. The number of rotatable bonds is 5. The van der Waals surface area contributed by atoms with Gasteiger partial charge in [-0.05, 0) is 87.1 Å². The van der Waals surface area contributed by atoms with Gasteiger partial charge in [-0.15, -0.1) is 0 Å². The van der Waals surface area contributed by atoms with Crippen LogP contribution < -0.4 is 10.1 Å². The average Bonchev–Trinajstić information content (AvgIpc) is 2.41. The summed E-state index contributed by atoms with van der Waals surface area (Å²) in [5, 5.41) is 3.15. The fraction of sp³-hybridized carbons (Fsp3) is 0.294. The molecule has 0 bridgehead atoms. The van der Waals surface area contributed by atoms with Crippen LogP contribution in [0.5, 0.6) is 5.75 Å². The largest absolute Gasteiger partial charge is 0.487 e. The van der Waals surface area contributed by atoms with E-state index >= 15 is 0 Å². The summed E-state index contributed by atoms with van der Waals surface area (Å²) in [5.74, 6) is 0.845. The summed E-state index contributed by atoms with van der Waals surface area (Å²) in [6.07, 6.45) is 0. The zero-order chi connectivity index (χ0) is 15.4. The lowest BCUT2D eigenvalue weighted by Gasteiger charge is -2.15. The molecule has 112 valence electrons. The number of nitrogens with one attached hydrogen (secondary N) is 1. The van der Waals surface area contributed by atoms with Gasteiger partial charge >= 0.3 is 0 Å². The summed E-state index contributed by atoms with van der Waals surface area (Å²) >= 11 is 7.19. The monoisotopic (exact) mass is 411 g/mol. The Labute approximate surface area is 143 Å². The number of hydrogen-bond acceptors (Lipinski definition) is 2. The fourth-order valence-electron chi connectivity index (χ4n) is 2.28. The Balaban J connectivity index is 2.21. The minimum absolute atomic E-state index is 0.571. The van der Waals surface area contributed by atoms with E-state index in [0.29, 0.717) is 6.61 Å². The summed E-state index contributed by atoms with van der Waals surface area (Å²) in [5.41, 5.74) is 4.97. The summed E-state index contributed by atoms with van der Waals surface area (Å²) in [6.45, 7) is 5.63. The van der Waals surface area contributed by atoms with Gasteiger partial charge in [0.25, 0.3) is 0 Å². The highest BCUT2D eigenvalue weighted by atomic mass is 79.9. The van der Waals surface area contributed by atoms with Crippen molar-refractivity contribution in [1.29, 1.82) is 0 Å². The third-order valence-corrected chi connectivity index (χ3v) is 4.62. The molecule has 0 saturated heterocycles. The molecule has 0 spiro atoms. The van der Waals surface area contributed by atoms with Crippen LogP contribution in [-0.4, -0.2) is 7.05 Å². The van der Waals surface area contributed by atoms with Gasteiger partial charge in [0.05, 0.1) is 8.95 Å². The number of aryl methyl sites for hydroxylation is 2. The van der Waals surface area contributed by atoms with E-state index in [2.05, 4.69) is 81.4 Å². The highest BCUT2D eigenvalue weighted by Gasteiger charge is 2.10. The van der Waals surface area contributed by atoms with Gasteiger partial charge < -0.3 is 10.1 Å². The maximum atomic E-state index is 6.03. The Bertz CT molecular complexity index is 597. The fourth-order valence-corrected chi connectivity index (χ4v) is 3.79. The molecule has 2 aromatic rings. The van der Waals surface area contributed by atoms with Crippen LogP contribution in [0.15, 0.2) is 39.3 Å². The lowest BCUT2D eigenvalue weighted by molar-refractivity contribution is 0.300. The van der Waals surface area contributed by atoms with Crippen molar-refractivity contribution in [3.63, 3.8) is 0 Å². The number of hydrogen-bond donors (Lipinski definition) is 1. The molecule has 2 rings (SSSR count). The van der Waals surface area contributed by atoms with Gasteiger partial charge in [0, 0.05) is 6.54 Å². The molecule has 4 heteroatoms. The first-order valence-electron chi connectivity index (χ1n) is 6.83. The minimum Gasteiger partial charge on any atom is -0.487 e. The summed E-state index contributed by atoms with van der Waals surface area (Å²) in [4.78, 5) is 0. The van der Waals surface area contributed by atoms with Crippen LogP contribution in [0.3, 0.4) is 0 Å². The smallest absolute Gasteiger partial charge is 0.148 e. The Morgan fingerprint density at radius 3 is 2.14 bits per heavy atom. The van der Waals surface area contributed by atoms with Crippen molar-refractivity contribution in [3.05, 3.63) is 61.5 Å². The predicted molar refractivity (Wildman–Crippen MR) is 94.9 cm³/mol. The predicted octanol–water partition coefficient (Wildman–Crippen LogP) is 5.13. The molecule has 0 aliphatic rings. The van der Waals surface area contributed by atoms with Crippen molar-refractivity contribution in [2.45, 2.75) is 27.0 Å². The SMILES string of the molecule is CNCc1cc(Br)c(OCc2c(C)cccc2C)c(Br)c1. The summed E-state index contributed by atoms with van der Waals surface area (Å²) < 4.78 is 7.97. The second kappa shape index (κ2) is 7.43. The molecular weight excluding hydrogens is 394 g/mol. The summed E-state index contributed by atoms with van der Waals surface area (Å²) in [7, 11) is 1.94. The molecule has 0 aliphatic heterocycles. The molecule has 0 saturated carbocycles. The second-order valence-corrected chi connectivity index (χ2v) is 6.79. The molecule has 0 heterocycles. The van der Waals surface area contributed by atoms with Crippen LogP contribution in [0.2, 0.25) is 0 Å². The lowest BCUT2D eigenvalue weighted by atomic mass is 10.0. The van der Waals surface area contributed by atoms with E-state index in [4.69, 9.17) is 4.74 Å². The Morgan fingerprint density at radius 2 is 1.62 bits per heavy atom. The normalized spacial score (nSPS) is 10.7. The molecule has 0 aromatic heterocycles. The van der Waals surface area contributed by atoms with Gasteiger partial charge in [0.1, 0.15) is 12.4 Å². The zero-order valence-corrected chi connectivity index (χ0v) is 15.6. The topological polar surface area (TPSA) is 21.3 Å². The molecule has 2 aromatic carbocycles. The third-order valence-electron chi connectivity index (χ3n) is 3.44. The highest BCUT2D eigenvalue weighted by Crippen LogP contribution is 2.35. The molecule has 0 amide bonds. The van der Waals surface area contributed by atoms with Gasteiger partial charge in [-0.2, -0.15) is 0 Å². The first kappa shape index (κ1) is 16.5. The van der Waals surface area contributed by atoms with E-state index in [-0.39, 0.29) is 0 Å². The van der Waals surface area contributed by atoms with Crippen molar-refractivity contribution >= 4 is 31.9 Å². The molecule has 1 N–H and O–H groups in total. The maximum Gasteiger partial charge on any atom is 0.148 e. The van der Waals surface area contributed by atoms with Gasteiger partial charge in [-0.25, -0.2) is 0 Å². The third kappa shape index (κ3) is 4.09. The van der Waals surface area contributed by atoms with E-state index in [1.165, 1.54) is 22.3 Å². The van der Waals surface area contributed by atoms with Crippen LogP contribution in [0.4, 0.5) is 0 Å². The van der Waals surface area contributed by atoms with E-state index in [1.807, 2.05) is 7.05 Å². The summed E-state index contributed by atoms with van der Waals surface area (Å²) in [6, 6.07) is 10.5. The Morgan fingerprint density at radius 1 is 1.05 bits per heavy atom. The van der Waals surface area contributed by atoms with E-state index < -0.39 is 0 Å². The Kier molecular flexibility index (Phi) is 5.85. The second-order valence-electron chi connectivity index (χ2n) is 5.08. The van der Waals surface area contributed by atoms with Crippen molar-refractivity contribution in [1.82, 2.24) is 5.32 Å². The van der Waals surface area contributed by atoms with Crippen molar-refractivity contribution < 1.29 is 4.74 Å². The van der Waals surface area contributed by atoms with Gasteiger partial charge in [-0.3, -0.25) is 0 Å². The molecule has 0 atom stereocenters. The number of halogens is 2. The van der Waals surface area contributed by atoms with Crippen molar-refractivity contribution in [2.75, 3.05) is 7.05 Å². The van der Waals surface area contributed by atoms with Crippen molar-refractivity contribution in [3.8, 4) is 5.75 Å². The van der Waals surface area contributed by atoms with Crippen LogP contribution in [0.25, 0.3) is 0 Å². The average molecular weight is 413 g/mol. The maximum absolute atomic E-state index is 6.03. The molecule has 0 fully saturated rings. The van der Waals surface area contributed by atoms with Crippen LogP contribution in [-0.2, 0) is 13.2 Å². The van der Waals surface area contributed by atoms with Gasteiger partial charge in [-0.1, -0.05) is 18.2 Å². The van der Waals surface area contributed by atoms with Gasteiger partial charge in [0.2, 0.25) is 0 Å². The minimum atomic E-state index is 0.571. The lowest BCUT2D eigenvalue weighted by Crippen LogP contribution is -2.06. The quantitative estimate of drug-likeness (QED) is 0.735. The van der Waals surface area contributed by atoms with E-state index in [1.54, 1.807) is 0 Å². The first-order valence-corrected chi connectivity index (χ1v) is 8.42. The standard InChI is InChI=1S/C17H19Br2NO/c1-11-5-4-6-12(2)14(11)10-21-17-15(18)7-13(9-20-3)8-16(17)19/h4-8,20H,9-10H2,1-3H3. The van der Waals surface area contributed by atoms with Crippen LogP contribution in [0.1, 0.15) is 22.3 Å². The number of benzene rings is 2.